The second kappa shape index (κ2) is 13.3. The molecule has 3 aliphatic rings. The first-order valence-corrected chi connectivity index (χ1v) is 19.2. The maximum absolute atomic E-state index is 6.91. The van der Waals surface area contributed by atoms with Gasteiger partial charge in [-0.25, -0.2) is 9.98 Å². The molecular weight excluding hydrogens is 685 g/mol. The maximum atomic E-state index is 6.91. The monoisotopic (exact) mass is 720 g/mol. The fourth-order valence-corrected chi connectivity index (χ4v) is 8.73. The number of nitrogens with one attached hydrogen (secondary N) is 1. The molecule has 1 aliphatic carbocycles. The summed E-state index contributed by atoms with van der Waals surface area (Å²) in [6, 6.07) is 64.2. The Morgan fingerprint density at radius 3 is 1.64 bits per heavy atom. The summed E-state index contributed by atoms with van der Waals surface area (Å²) in [5, 5.41) is 4.63. The molecule has 0 fully saturated rings. The van der Waals surface area contributed by atoms with Gasteiger partial charge in [0, 0.05) is 44.9 Å². The van der Waals surface area contributed by atoms with E-state index in [1.54, 1.807) is 0 Å². The van der Waals surface area contributed by atoms with Gasteiger partial charge in [0.15, 0.2) is 6.17 Å². The Hall–Kier alpha value is -7.24. The summed E-state index contributed by atoms with van der Waals surface area (Å²) in [4.78, 5) is 12.9. The van der Waals surface area contributed by atoms with Crippen LogP contribution in [-0.2, 0) is 0 Å². The number of rotatable bonds is 6. The van der Waals surface area contributed by atoms with Crippen LogP contribution in [0.2, 0.25) is 0 Å². The Morgan fingerprint density at radius 2 is 1.04 bits per heavy atom. The predicted octanol–water partition coefficient (Wildman–Crippen LogP) is 11.9. The average Bonchev–Trinajstić information content (AvgIpc) is 3.83. The first-order valence-electron chi connectivity index (χ1n) is 19.2. The highest BCUT2D eigenvalue weighted by atomic mass is 16.3. The smallest absolute Gasteiger partial charge is 0.173 e. The molecule has 1 N–H and O–H groups in total. The lowest BCUT2D eigenvalue weighted by atomic mass is 9.82. The van der Waals surface area contributed by atoms with Crippen molar-refractivity contribution in [3.63, 3.8) is 0 Å². The molecule has 5 nitrogen and oxygen atoms in total. The zero-order valence-corrected chi connectivity index (χ0v) is 30.5. The number of benzene rings is 7. The molecule has 3 heterocycles. The van der Waals surface area contributed by atoms with Crippen LogP contribution in [0.3, 0.4) is 0 Å². The van der Waals surface area contributed by atoms with Gasteiger partial charge in [0.05, 0.1) is 6.04 Å². The molecule has 2 atom stereocenters. The van der Waals surface area contributed by atoms with Crippen LogP contribution in [0.1, 0.15) is 45.7 Å². The molecule has 5 heteroatoms. The minimum atomic E-state index is -0.498. The van der Waals surface area contributed by atoms with E-state index in [2.05, 4.69) is 168 Å². The van der Waals surface area contributed by atoms with E-state index in [0.717, 1.165) is 50.8 Å². The molecule has 7 aromatic carbocycles. The number of para-hydroxylation sites is 2. The number of fused-ring (bicyclic) bond motifs is 7. The van der Waals surface area contributed by atoms with E-state index >= 15 is 0 Å². The van der Waals surface area contributed by atoms with E-state index in [1.165, 1.54) is 39.1 Å². The molecule has 0 saturated carbocycles. The third-order valence-electron chi connectivity index (χ3n) is 11.3. The van der Waals surface area contributed by atoms with Gasteiger partial charge in [-0.2, -0.15) is 0 Å². The van der Waals surface area contributed by atoms with E-state index in [0.29, 0.717) is 0 Å². The Labute approximate surface area is 325 Å². The minimum Gasteiger partial charge on any atom is -0.456 e. The quantitative estimate of drug-likeness (QED) is 0.186. The maximum Gasteiger partial charge on any atom is 0.173 e. The second-order valence-electron chi connectivity index (χ2n) is 14.5. The molecule has 8 aromatic rings. The molecular formula is C51H36N4O. The molecule has 0 bridgehead atoms. The van der Waals surface area contributed by atoms with E-state index < -0.39 is 6.17 Å². The lowest BCUT2D eigenvalue weighted by Gasteiger charge is -2.31. The molecule has 1 aromatic heterocycles. The standard InChI is InChI=1S/C51H36N4O/c1-5-16-33(17-6-1)37-30-38(34-18-7-2-8-19-34)32-39(31-37)55-43-27-14-13-24-40(43)46-44(55)28-29-45-47(46)41-25-15-26-42(48(41)56-45)51-53-49(35-20-9-3-10-21-35)52-50(54-51)36-22-11-4-12-23-36/h1-32,44,46,51H,(H,52,53,54). The van der Waals surface area contributed by atoms with Crippen molar-refractivity contribution in [2.24, 2.45) is 9.98 Å². The van der Waals surface area contributed by atoms with Crippen LogP contribution < -0.4 is 10.2 Å². The van der Waals surface area contributed by atoms with Crippen molar-refractivity contribution < 1.29 is 4.42 Å². The van der Waals surface area contributed by atoms with Gasteiger partial charge in [-0.1, -0.05) is 164 Å². The van der Waals surface area contributed by atoms with Gasteiger partial charge in [0.1, 0.15) is 23.0 Å². The number of anilines is 2. The summed E-state index contributed by atoms with van der Waals surface area (Å²) in [7, 11) is 0. The average molecular weight is 721 g/mol. The van der Waals surface area contributed by atoms with E-state index in [4.69, 9.17) is 14.4 Å². The zero-order chi connectivity index (χ0) is 37.0. The molecule has 0 spiro atoms. The topological polar surface area (TPSA) is 53.1 Å². The van der Waals surface area contributed by atoms with Gasteiger partial charge in [-0.05, 0) is 58.2 Å². The summed E-state index contributed by atoms with van der Waals surface area (Å²) < 4.78 is 6.91. The van der Waals surface area contributed by atoms with Crippen LogP contribution in [0.15, 0.2) is 202 Å². The second-order valence-corrected chi connectivity index (χ2v) is 14.5. The van der Waals surface area contributed by atoms with Gasteiger partial charge in [-0.3, -0.25) is 0 Å². The van der Waals surface area contributed by atoms with Crippen molar-refractivity contribution in [2.45, 2.75) is 18.1 Å². The first kappa shape index (κ1) is 32.2. The normalized spacial score (nSPS) is 17.1. The molecule has 266 valence electrons. The molecule has 0 radical (unpaired) electrons. The van der Waals surface area contributed by atoms with Crippen molar-refractivity contribution in [3.8, 4) is 22.3 Å². The molecule has 56 heavy (non-hydrogen) atoms. The van der Waals surface area contributed by atoms with Gasteiger partial charge < -0.3 is 14.6 Å². The number of furan rings is 1. The summed E-state index contributed by atoms with van der Waals surface area (Å²) >= 11 is 0. The number of nitrogens with zero attached hydrogens (tertiary/aromatic N) is 3. The highest BCUT2D eigenvalue weighted by Gasteiger charge is 2.44. The van der Waals surface area contributed by atoms with Crippen molar-refractivity contribution in [2.75, 3.05) is 4.90 Å². The Bertz CT molecular complexity index is 2730. The van der Waals surface area contributed by atoms with E-state index in [1.807, 2.05) is 36.4 Å². The highest BCUT2D eigenvalue weighted by molar-refractivity contribution is 6.16. The van der Waals surface area contributed by atoms with Crippen LogP contribution in [-0.4, -0.2) is 17.7 Å². The van der Waals surface area contributed by atoms with Crippen LogP contribution in [0.25, 0.3) is 39.3 Å². The number of aliphatic imine (C=N–C) groups is 2. The van der Waals surface area contributed by atoms with Crippen molar-refractivity contribution in [1.29, 1.82) is 0 Å². The summed E-state index contributed by atoms with van der Waals surface area (Å²) in [5.41, 5.74) is 13.4. The van der Waals surface area contributed by atoms with Crippen LogP contribution in [0.5, 0.6) is 0 Å². The molecule has 2 aliphatic heterocycles. The minimum absolute atomic E-state index is 0.0447. The van der Waals surface area contributed by atoms with Crippen molar-refractivity contribution in [3.05, 3.63) is 222 Å². The van der Waals surface area contributed by atoms with Crippen LogP contribution in [0.4, 0.5) is 11.4 Å². The summed E-state index contributed by atoms with van der Waals surface area (Å²) in [6.45, 7) is 0. The predicted molar refractivity (Wildman–Crippen MR) is 229 cm³/mol. The van der Waals surface area contributed by atoms with Crippen molar-refractivity contribution >= 4 is 40.1 Å². The number of hydrogen-bond acceptors (Lipinski definition) is 5. The summed E-state index contributed by atoms with van der Waals surface area (Å²) in [6.07, 6.45) is 4.01. The Kier molecular flexibility index (Phi) is 7.62. The summed E-state index contributed by atoms with van der Waals surface area (Å²) in [5.74, 6) is 2.52. The third kappa shape index (κ3) is 5.39. The fourth-order valence-electron chi connectivity index (χ4n) is 8.73. The Balaban J connectivity index is 1.05. The zero-order valence-electron chi connectivity index (χ0n) is 30.5. The SMILES string of the molecule is C1=CC2C(c3ccccc3N2c2cc(-c3ccccc3)cc(-c3ccccc3)c2)c2c1oc1c(C3N=C(c4ccccc4)NC(c4ccccc4)=N3)cccc21. The van der Waals surface area contributed by atoms with E-state index in [9.17, 15) is 0 Å². The molecule has 0 amide bonds. The Morgan fingerprint density at radius 1 is 0.500 bits per heavy atom. The fraction of sp³-hybridized carbons (Fsp3) is 0.0588. The van der Waals surface area contributed by atoms with Gasteiger partial charge in [-0.15, -0.1) is 0 Å². The molecule has 0 saturated heterocycles. The lowest BCUT2D eigenvalue weighted by Crippen LogP contribution is -2.36. The third-order valence-corrected chi connectivity index (χ3v) is 11.3. The highest BCUT2D eigenvalue weighted by Crippen LogP contribution is 2.54. The number of amidine groups is 2. The molecule has 11 rings (SSSR count). The van der Waals surface area contributed by atoms with Gasteiger partial charge >= 0.3 is 0 Å². The van der Waals surface area contributed by atoms with E-state index in [-0.39, 0.29) is 12.0 Å². The largest absolute Gasteiger partial charge is 0.456 e. The van der Waals surface area contributed by atoms with Gasteiger partial charge in [0.25, 0.3) is 0 Å². The first-order chi connectivity index (χ1) is 27.8. The van der Waals surface area contributed by atoms with Crippen LogP contribution >= 0.6 is 0 Å². The lowest BCUT2D eigenvalue weighted by molar-refractivity contribution is 0.575. The number of hydrogen-bond donors (Lipinski definition) is 1. The van der Waals surface area contributed by atoms with Gasteiger partial charge in [0.2, 0.25) is 0 Å². The molecule has 2 unspecified atom stereocenters. The van der Waals surface area contributed by atoms with Crippen LogP contribution in [0, 0.1) is 0 Å². The van der Waals surface area contributed by atoms with Crippen molar-refractivity contribution in [1.82, 2.24) is 5.32 Å².